The molecule has 3 rings (SSSR count). The standard InChI is InChI=1S/C18H17BrFNO2/c19-13-8-9-17(15(20)10-13)23-11-18(22)21-16-7-3-5-12-4-1-2-6-14(12)16/h1-2,4,6,8-10,16H,3,5,7,11H2,(H,21,22)/t16-/m1/s1. The number of aryl methyl sites for hydroxylation is 1. The van der Waals surface area contributed by atoms with Crippen LogP contribution in [0.2, 0.25) is 0 Å². The topological polar surface area (TPSA) is 38.3 Å². The van der Waals surface area contributed by atoms with Crippen LogP contribution in [-0.2, 0) is 11.2 Å². The summed E-state index contributed by atoms with van der Waals surface area (Å²) in [4.78, 5) is 12.1. The van der Waals surface area contributed by atoms with E-state index < -0.39 is 5.82 Å². The molecule has 0 aliphatic heterocycles. The minimum atomic E-state index is -0.491. The zero-order chi connectivity index (χ0) is 16.2. The zero-order valence-electron chi connectivity index (χ0n) is 12.5. The van der Waals surface area contributed by atoms with Crippen molar-refractivity contribution in [2.24, 2.45) is 0 Å². The number of carbonyl (C=O) groups is 1. The fourth-order valence-corrected chi connectivity index (χ4v) is 3.21. The average Bonchev–Trinajstić information content (AvgIpc) is 2.54. The highest BCUT2D eigenvalue weighted by atomic mass is 79.9. The lowest BCUT2D eigenvalue weighted by Crippen LogP contribution is -2.34. The average molecular weight is 378 g/mol. The van der Waals surface area contributed by atoms with Crippen LogP contribution in [0.1, 0.15) is 30.0 Å². The first-order valence-corrected chi connectivity index (χ1v) is 8.38. The Hall–Kier alpha value is -1.88. The Labute approximate surface area is 143 Å². The Kier molecular flexibility index (Phi) is 4.96. The van der Waals surface area contributed by atoms with Gasteiger partial charge in [0.15, 0.2) is 18.2 Å². The molecule has 0 aromatic heterocycles. The van der Waals surface area contributed by atoms with Crippen LogP contribution in [0.4, 0.5) is 4.39 Å². The van der Waals surface area contributed by atoms with Crippen LogP contribution >= 0.6 is 15.9 Å². The fourth-order valence-electron chi connectivity index (χ4n) is 2.88. The monoisotopic (exact) mass is 377 g/mol. The summed E-state index contributed by atoms with van der Waals surface area (Å²) in [6, 6.07) is 12.6. The van der Waals surface area contributed by atoms with Crippen molar-refractivity contribution >= 4 is 21.8 Å². The van der Waals surface area contributed by atoms with Crippen LogP contribution in [0.3, 0.4) is 0 Å². The molecule has 2 aromatic rings. The maximum Gasteiger partial charge on any atom is 0.258 e. The minimum Gasteiger partial charge on any atom is -0.481 e. The van der Waals surface area contributed by atoms with Crippen molar-refractivity contribution in [3.05, 3.63) is 63.9 Å². The summed E-state index contributed by atoms with van der Waals surface area (Å²) in [6.07, 6.45) is 3.00. The van der Waals surface area contributed by atoms with Crippen molar-refractivity contribution in [1.29, 1.82) is 0 Å². The lowest BCUT2D eigenvalue weighted by Gasteiger charge is -2.26. The highest BCUT2D eigenvalue weighted by Crippen LogP contribution is 2.29. The summed E-state index contributed by atoms with van der Waals surface area (Å²) in [5, 5.41) is 2.98. The summed E-state index contributed by atoms with van der Waals surface area (Å²) in [6.45, 7) is -0.197. The third-order valence-corrected chi connectivity index (χ3v) is 4.45. The summed E-state index contributed by atoms with van der Waals surface area (Å²) >= 11 is 3.18. The number of amides is 1. The van der Waals surface area contributed by atoms with E-state index in [1.54, 1.807) is 6.07 Å². The van der Waals surface area contributed by atoms with E-state index in [-0.39, 0.29) is 24.3 Å². The lowest BCUT2D eigenvalue weighted by atomic mass is 9.88. The molecule has 0 saturated heterocycles. The maximum atomic E-state index is 13.7. The van der Waals surface area contributed by atoms with Gasteiger partial charge in [-0.1, -0.05) is 40.2 Å². The Morgan fingerprint density at radius 3 is 2.96 bits per heavy atom. The Morgan fingerprint density at radius 2 is 2.13 bits per heavy atom. The van der Waals surface area contributed by atoms with Gasteiger partial charge in [-0.25, -0.2) is 4.39 Å². The quantitative estimate of drug-likeness (QED) is 0.868. The first-order chi connectivity index (χ1) is 11.1. The normalized spacial score (nSPS) is 16.5. The smallest absolute Gasteiger partial charge is 0.258 e. The molecule has 0 heterocycles. The first-order valence-electron chi connectivity index (χ1n) is 7.58. The van der Waals surface area contributed by atoms with Crippen LogP contribution in [-0.4, -0.2) is 12.5 Å². The molecular weight excluding hydrogens is 361 g/mol. The highest BCUT2D eigenvalue weighted by Gasteiger charge is 2.21. The van der Waals surface area contributed by atoms with E-state index in [1.807, 2.05) is 12.1 Å². The number of hydrogen-bond acceptors (Lipinski definition) is 2. The van der Waals surface area contributed by atoms with Crippen LogP contribution < -0.4 is 10.1 Å². The molecule has 23 heavy (non-hydrogen) atoms. The molecule has 0 radical (unpaired) electrons. The van der Waals surface area contributed by atoms with Gasteiger partial charge in [0.05, 0.1) is 6.04 Å². The van der Waals surface area contributed by atoms with Crippen molar-refractivity contribution in [2.75, 3.05) is 6.61 Å². The predicted octanol–water partition coefficient (Wildman–Crippen LogP) is 4.16. The highest BCUT2D eigenvalue weighted by molar-refractivity contribution is 9.10. The minimum absolute atomic E-state index is 0.00538. The largest absolute Gasteiger partial charge is 0.481 e. The molecule has 5 heteroatoms. The van der Waals surface area contributed by atoms with Crippen LogP contribution in [0, 0.1) is 5.82 Å². The molecule has 0 spiro atoms. The molecule has 1 N–H and O–H groups in total. The third kappa shape index (κ3) is 3.91. The fraction of sp³-hybridized carbons (Fsp3) is 0.278. The lowest BCUT2D eigenvalue weighted by molar-refractivity contribution is -0.124. The Morgan fingerprint density at radius 1 is 1.30 bits per heavy atom. The number of hydrogen-bond donors (Lipinski definition) is 1. The number of nitrogens with one attached hydrogen (secondary N) is 1. The molecule has 0 unspecified atom stereocenters. The number of benzene rings is 2. The van der Waals surface area contributed by atoms with E-state index in [0.717, 1.165) is 19.3 Å². The van der Waals surface area contributed by atoms with Gasteiger partial charge in [-0.15, -0.1) is 0 Å². The van der Waals surface area contributed by atoms with Gasteiger partial charge in [-0.05, 0) is 48.6 Å². The molecule has 1 aliphatic carbocycles. The number of carbonyl (C=O) groups excluding carboxylic acids is 1. The predicted molar refractivity (Wildman–Crippen MR) is 89.9 cm³/mol. The number of halogens is 2. The van der Waals surface area contributed by atoms with Gasteiger partial charge in [0.1, 0.15) is 0 Å². The molecule has 1 aliphatic rings. The van der Waals surface area contributed by atoms with Crippen LogP contribution in [0.15, 0.2) is 46.9 Å². The number of fused-ring (bicyclic) bond motifs is 1. The van der Waals surface area contributed by atoms with Crippen molar-refractivity contribution in [3.63, 3.8) is 0 Å². The molecule has 1 amide bonds. The van der Waals surface area contributed by atoms with E-state index in [4.69, 9.17) is 4.74 Å². The summed E-state index contributed by atoms with van der Waals surface area (Å²) in [5.74, 6) is -0.656. The number of rotatable bonds is 4. The SMILES string of the molecule is O=C(COc1ccc(Br)cc1F)N[C@@H]1CCCc2ccccc21. The summed E-state index contributed by atoms with van der Waals surface area (Å²) in [5.41, 5.74) is 2.45. The molecule has 2 aromatic carbocycles. The molecule has 3 nitrogen and oxygen atoms in total. The second-order valence-electron chi connectivity index (χ2n) is 5.57. The first kappa shape index (κ1) is 16.0. The molecule has 0 bridgehead atoms. The van der Waals surface area contributed by atoms with Gasteiger partial charge in [-0.2, -0.15) is 0 Å². The third-order valence-electron chi connectivity index (χ3n) is 3.96. The zero-order valence-corrected chi connectivity index (χ0v) is 14.1. The van der Waals surface area contributed by atoms with Crippen molar-refractivity contribution < 1.29 is 13.9 Å². The second-order valence-corrected chi connectivity index (χ2v) is 6.49. The summed E-state index contributed by atoms with van der Waals surface area (Å²) in [7, 11) is 0. The van der Waals surface area contributed by atoms with E-state index in [9.17, 15) is 9.18 Å². The number of ether oxygens (including phenoxy) is 1. The molecule has 120 valence electrons. The van der Waals surface area contributed by atoms with E-state index in [2.05, 4.69) is 33.4 Å². The van der Waals surface area contributed by atoms with Crippen LogP contribution in [0.5, 0.6) is 5.75 Å². The van der Waals surface area contributed by atoms with Gasteiger partial charge in [0.25, 0.3) is 5.91 Å². The van der Waals surface area contributed by atoms with E-state index in [1.165, 1.54) is 23.3 Å². The van der Waals surface area contributed by atoms with Gasteiger partial charge in [0, 0.05) is 4.47 Å². The molecule has 1 atom stereocenters. The van der Waals surface area contributed by atoms with E-state index >= 15 is 0 Å². The van der Waals surface area contributed by atoms with Crippen molar-refractivity contribution in [2.45, 2.75) is 25.3 Å². The molecular formula is C18H17BrFNO2. The summed E-state index contributed by atoms with van der Waals surface area (Å²) < 4.78 is 19.6. The Bertz CT molecular complexity index is 720. The second kappa shape index (κ2) is 7.13. The van der Waals surface area contributed by atoms with Crippen molar-refractivity contribution in [3.8, 4) is 5.75 Å². The maximum absolute atomic E-state index is 13.7. The Balaban J connectivity index is 1.60. The van der Waals surface area contributed by atoms with Crippen LogP contribution in [0.25, 0.3) is 0 Å². The van der Waals surface area contributed by atoms with E-state index in [0.29, 0.717) is 4.47 Å². The van der Waals surface area contributed by atoms with Gasteiger partial charge < -0.3 is 10.1 Å². The molecule has 0 fully saturated rings. The van der Waals surface area contributed by atoms with Gasteiger partial charge >= 0.3 is 0 Å². The molecule has 0 saturated carbocycles. The van der Waals surface area contributed by atoms with Crippen molar-refractivity contribution in [1.82, 2.24) is 5.32 Å². The van der Waals surface area contributed by atoms with Gasteiger partial charge in [0.2, 0.25) is 0 Å². The van der Waals surface area contributed by atoms with Gasteiger partial charge in [-0.3, -0.25) is 4.79 Å².